The summed E-state index contributed by atoms with van der Waals surface area (Å²) in [6.45, 7) is 7.40. The van der Waals surface area contributed by atoms with Crippen molar-refractivity contribution < 1.29 is 23.7 Å². The van der Waals surface area contributed by atoms with Crippen LogP contribution in [-0.2, 0) is 23.7 Å². The minimum absolute atomic E-state index is 0.183. The molecule has 2 unspecified atom stereocenters. The number of carbonyl (C=O) groups is 1. The Morgan fingerprint density at radius 2 is 1.78 bits per heavy atom. The zero-order chi connectivity index (χ0) is 20.1. The molecule has 1 aromatic carbocycles. The van der Waals surface area contributed by atoms with Crippen molar-refractivity contribution >= 4 is 5.97 Å². The molecule has 146 valence electrons. The summed E-state index contributed by atoms with van der Waals surface area (Å²) < 4.78 is 22.6. The lowest BCUT2D eigenvalue weighted by Crippen LogP contribution is -2.69. The van der Waals surface area contributed by atoms with Crippen molar-refractivity contribution in [2.24, 2.45) is 5.73 Å². The second-order valence-electron chi connectivity index (χ2n) is 6.04. The van der Waals surface area contributed by atoms with Crippen LogP contribution in [0.4, 0.5) is 0 Å². The first-order valence-corrected chi connectivity index (χ1v) is 9.00. The number of ether oxygens (including phenoxy) is 4. The Hall–Kier alpha value is -2.40. The van der Waals surface area contributed by atoms with Gasteiger partial charge in [0.25, 0.3) is 0 Å². The number of esters is 1. The highest BCUT2D eigenvalue weighted by atomic mass is 16.9. The van der Waals surface area contributed by atoms with E-state index in [-0.39, 0.29) is 31.2 Å². The van der Waals surface area contributed by atoms with E-state index in [9.17, 15) is 10.1 Å². The van der Waals surface area contributed by atoms with E-state index in [0.29, 0.717) is 5.56 Å². The zero-order valence-electron chi connectivity index (χ0n) is 16.2. The number of carbonyl (C=O) groups excluding carboxylic acids is 1. The van der Waals surface area contributed by atoms with Crippen molar-refractivity contribution in [2.45, 2.75) is 45.1 Å². The first-order valence-electron chi connectivity index (χ1n) is 9.00. The lowest BCUT2D eigenvalue weighted by molar-refractivity contribution is -0.392. The van der Waals surface area contributed by atoms with Crippen LogP contribution < -0.4 is 5.73 Å². The molecule has 0 spiro atoms. The van der Waals surface area contributed by atoms with Gasteiger partial charge in [0.15, 0.2) is 0 Å². The van der Waals surface area contributed by atoms with Crippen molar-refractivity contribution in [3.63, 3.8) is 0 Å². The van der Waals surface area contributed by atoms with Crippen molar-refractivity contribution in [2.75, 3.05) is 19.8 Å². The average Bonchev–Trinajstić information content (AvgIpc) is 2.65. The summed E-state index contributed by atoms with van der Waals surface area (Å²) in [6, 6.07) is 11.1. The van der Waals surface area contributed by atoms with Crippen LogP contribution >= 0.6 is 0 Å². The number of nitriles is 1. The third-order valence-electron chi connectivity index (χ3n) is 4.40. The third kappa shape index (κ3) is 3.56. The van der Waals surface area contributed by atoms with Crippen LogP contribution in [0.2, 0.25) is 0 Å². The first kappa shape index (κ1) is 20.9. The highest BCUT2D eigenvalue weighted by Crippen LogP contribution is 2.49. The summed E-state index contributed by atoms with van der Waals surface area (Å²) >= 11 is 0. The molecule has 0 aromatic heterocycles. The monoisotopic (exact) mass is 374 g/mol. The first-order chi connectivity index (χ1) is 12.9. The maximum Gasteiger partial charge on any atom is 0.361 e. The van der Waals surface area contributed by atoms with Gasteiger partial charge in [0, 0.05) is 0 Å². The van der Waals surface area contributed by atoms with Crippen LogP contribution in [0.5, 0.6) is 0 Å². The highest BCUT2D eigenvalue weighted by Gasteiger charge is 2.65. The number of nitrogens with zero attached hydrogens (tertiary/aromatic N) is 1. The number of allylic oxidation sites excluding steroid dienone is 1. The molecule has 1 aliphatic rings. The Bertz CT molecular complexity index is 734. The topological polar surface area (TPSA) is 104 Å². The van der Waals surface area contributed by atoms with Crippen LogP contribution in [0.3, 0.4) is 0 Å². The van der Waals surface area contributed by atoms with Gasteiger partial charge in [0.1, 0.15) is 5.76 Å². The van der Waals surface area contributed by atoms with Crippen LogP contribution in [0.1, 0.15) is 39.2 Å². The minimum atomic E-state index is -1.86. The molecular weight excluding hydrogens is 348 g/mol. The zero-order valence-corrected chi connectivity index (χ0v) is 16.2. The summed E-state index contributed by atoms with van der Waals surface area (Å²) in [5.74, 6) is -3.06. The Labute approximate surface area is 159 Å². The highest BCUT2D eigenvalue weighted by molar-refractivity contribution is 5.92. The summed E-state index contributed by atoms with van der Waals surface area (Å²) in [5.41, 5.74) is 5.61. The standard InChI is InChI=1S/C20H26N2O5/c1-5-24-18(23)16-14(4)27-20(25-6-2,26-7-3)19(22,13-21)17(16)15-11-9-8-10-12-15/h8-12,17H,5-7,22H2,1-4H3. The third-order valence-corrected chi connectivity index (χ3v) is 4.40. The second-order valence-corrected chi connectivity index (χ2v) is 6.04. The molecule has 27 heavy (non-hydrogen) atoms. The minimum Gasteiger partial charge on any atom is -0.463 e. The molecule has 1 aromatic rings. The van der Waals surface area contributed by atoms with Gasteiger partial charge in [-0.3, -0.25) is 0 Å². The average molecular weight is 374 g/mol. The Morgan fingerprint density at radius 1 is 1.19 bits per heavy atom. The Morgan fingerprint density at radius 3 is 2.26 bits per heavy atom. The molecule has 0 saturated carbocycles. The van der Waals surface area contributed by atoms with E-state index in [1.165, 1.54) is 0 Å². The molecule has 2 atom stereocenters. The van der Waals surface area contributed by atoms with Crippen LogP contribution in [0, 0.1) is 11.3 Å². The number of nitrogens with two attached hydrogens (primary N) is 1. The SMILES string of the molecule is CCOC(=O)C1=C(C)OC(OCC)(OCC)C(N)(C#N)C1c1ccccc1. The summed E-state index contributed by atoms with van der Waals surface area (Å²) in [4.78, 5) is 12.7. The van der Waals surface area contributed by atoms with E-state index in [2.05, 4.69) is 6.07 Å². The van der Waals surface area contributed by atoms with Crippen LogP contribution in [-0.4, -0.2) is 37.3 Å². The molecule has 1 aliphatic heterocycles. The van der Waals surface area contributed by atoms with Crippen molar-refractivity contribution in [1.82, 2.24) is 0 Å². The van der Waals surface area contributed by atoms with E-state index in [4.69, 9.17) is 24.7 Å². The van der Waals surface area contributed by atoms with Gasteiger partial charge in [-0.2, -0.15) is 5.26 Å². The maximum absolute atomic E-state index is 12.7. The number of hydrogen-bond donors (Lipinski definition) is 1. The summed E-state index contributed by atoms with van der Waals surface area (Å²) in [5, 5.41) is 10.1. The van der Waals surface area contributed by atoms with Gasteiger partial charge in [0.05, 0.1) is 37.4 Å². The lowest BCUT2D eigenvalue weighted by atomic mass is 9.72. The molecule has 2 rings (SSSR count). The fourth-order valence-electron chi connectivity index (χ4n) is 3.35. The summed E-state index contributed by atoms with van der Waals surface area (Å²) in [7, 11) is 0. The van der Waals surface area contributed by atoms with Crippen molar-refractivity contribution in [3.8, 4) is 6.07 Å². The quantitative estimate of drug-likeness (QED) is 0.578. The van der Waals surface area contributed by atoms with Gasteiger partial charge in [-0.15, -0.1) is 0 Å². The normalized spacial score (nSPS) is 24.1. The second kappa shape index (κ2) is 8.53. The van der Waals surface area contributed by atoms with Gasteiger partial charge in [-0.25, -0.2) is 4.79 Å². The van der Waals surface area contributed by atoms with E-state index in [1.807, 2.05) is 18.2 Å². The predicted molar refractivity (Wildman–Crippen MR) is 98.1 cm³/mol. The van der Waals surface area contributed by atoms with E-state index < -0.39 is 23.4 Å². The molecule has 0 fully saturated rings. The van der Waals surface area contributed by atoms with Crippen molar-refractivity contribution in [1.29, 1.82) is 5.26 Å². The molecule has 0 amide bonds. The maximum atomic E-state index is 12.7. The Balaban J connectivity index is 2.78. The van der Waals surface area contributed by atoms with Crippen LogP contribution in [0.25, 0.3) is 0 Å². The van der Waals surface area contributed by atoms with E-state index >= 15 is 0 Å². The number of rotatable bonds is 7. The number of benzene rings is 1. The van der Waals surface area contributed by atoms with Crippen LogP contribution in [0.15, 0.2) is 41.7 Å². The molecule has 7 heteroatoms. The van der Waals surface area contributed by atoms with Gasteiger partial charge in [0.2, 0.25) is 5.54 Å². The molecule has 0 bridgehead atoms. The molecule has 0 radical (unpaired) electrons. The molecule has 1 heterocycles. The Kier molecular flexibility index (Phi) is 6.60. The van der Waals surface area contributed by atoms with E-state index in [1.54, 1.807) is 39.8 Å². The number of hydrogen-bond acceptors (Lipinski definition) is 7. The summed E-state index contributed by atoms with van der Waals surface area (Å²) in [6.07, 6.45) is 0. The molecule has 0 saturated heterocycles. The molecular formula is C20H26N2O5. The van der Waals surface area contributed by atoms with E-state index in [0.717, 1.165) is 0 Å². The van der Waals surface area contributed by atoms with Gasteiger partial charge in [-0.05, 0) is 33.3 Å². The fraction of sp³-hybridized carbons (Fsp3) is 0.500. The molecule has 0 aliphatic carbocycles. The van der Waals surface area contributed by atoms with Gasteiger partial charge >= 0.3 is 11.9 Å². The predicted octanol–water partition coefficient (Wildman–Crippen LogP) is 2.59. The molecule has 2 N–H and O–H groups in total. The van der Waals surface area contributed by atoms with Gasteiger partial charge < -0.3 is 24.7 Å². The van der Waals surface area contributed by atoms with Crippen molar-refractivity contribution in [3.05, 3.63) is 47.2 Å². The largest absolute Gasteiger partial charge is 0.463 e. The fourth-order valence-corrected chi connectivity index (χ4v) is 3.35. The smallest absolute Gasteiger partial charge is 0.361 e. The van der Waals surface area contributed by atoms with Gasteiger partial charge in [-0.1, -0.05) is 30.3 Å². The lowest BCUT2D eigenvalue weighted by Gasteiger charge is -2.49. The molecule has 7 nitrogen and oxygen atoms in total.